The number of alkyl halides is 1. The van der Waals surface area contributed by atoms with E-state index in [-0.39, 0.29) is 5.91 Å². The molecule has 1 amide bonds. The lowest BCUT2D eigenvalue weighted by atomic mass is 10.1. The molecule has 1 saturated carbocycles. The summed E-state index contributed by atoms with van der Waals surface area (Å²) in [5.41, 5.74) is 2.03. The quantitative estimate of drug-likeness (QED) is 0.728. The Hall–Kier alpha value is -0.830. The van der Waals surface area contributed by atoms with Crippen LogP contribution in [-0.2, 0) is 5.33 Å². The van der Waals surface area contributed by atoms with Crippen LogP contribution in [0.4, 0.5) is 0 Å². The third-order valence-corrected chi connectivity index (χ3v) is 4.00. The molecule has 0 radical (unpaired) electrons. The van der Waals surface area contributed by atoms with Crippen LogP contribution in [0.3, 0.4) is 0 Å². The van der Waals surface area contributed by atoms with E-state index in [4.69, 9.17) is 0 Å². The molecule has 98 valence electrons. The number of unbranched alkanes of at least 4 members (excludes halogenated alkanes) is 1. The monoisotopic (exact) mass is 309 g/mol. The summed E-state index contributed by atoms with van der Waals surface area (Å²) in [4.78, 5) is 14.5. The molecule has 0 N–H and O–H groups in total. The number of hydrogen-bond acceptors (Lipinski definition) is 1. The lowest BCUT2D eigenvalue weighted by molar-refractivity contribution is 0.0741. The van der Waals surface area contributed by atoms with Gasteiger partial charge in [-0.2, -0.15) is 0 Å². The number of carbonyl (C=O) groups excluding carboxylic acids is 1. The molecular weight excluding hydrogens is 290 g/mol. The maximum absolute atomic E-state index is 12.4. The Morgan fingerprint density at radius 1 is 1.33 bits per heavy atom. The summed E-state index contributed by atoms with van der Waals surface area (Å²) in [5.74, 6) is 0.201. The molecule has 1 fully saturated rings. The molecule has 1 aliphatic carbocycles. The first-order chi connectivity index (χ1) is 8.76. The van der Waals surface area contributed by atoms with Crippen molar-refractivity contribution >= 4 is 21.8 Å². The molecule has 1 aliphatic rings. The molecule has 18 heavy (non-hydrogen) atoms. The summed E-state index contributed by atoms with van der Waals surface area (Å²) in [6, 6.07) is 8.43. The van der Waals surface area contributed by atoms with Crippen LogP contribution in [0.15, 0.2) is 24.3 Å². The van der Waals surface area contributed by atoms with E-state index in [0.717, 1.165) is 30.3 Å². The summed E-state index contributed by atoms with van der Waals surface area (Å²) in [6.45, 7) is 3.07. The Labute approximate surface area is 117 Å². The predicted octanol–water partition coefficient (Wildman–Crippen LogP) is 3.99. The first-order valence-electron chi connectivity index (χ1n) is 6.72. The van der Waals surface area contributed by atoms with Crippen LogP contribution in [0.5, 0.6) is 0 Å². The van der Waals surface area contributed by atoms with Crippen molar-refractivity contribution in [1.29, 1.82) is 0 Å². The molecule has 2 rings (SSSR count). The van der Waals surface area contributed by atoms with Crippen LogP contribution in [0.2, 0.25) is 0 Å². The van der Waals surface area contributed by atoms with Gasteiger partial charge in [-0.15, -0.1) is 0 Å². The van der Waals surface area contributed by atoms with E-state index in [0.29, 0.717) is 6.04 Å². The van der Waals surface area contributed by atoms with Crippen molar-refractivity contribution in [2.24, 2.45) is 0 Å². The minimum atomic E-state index is 0.201. The smallest absolute Gasteiger partial charge is 0.254 e. The molecule has 0 aliphatic heterocycles. The maximum atomic E-state index is 12.4. The maximum Gasteiger partial charge on any atom is 0.254 e. The third kappa shape index (κ3) is 3.35. The summed E-state index contributed by atoms with van der Waals surface area (Å²) in [6.07, 6.45) is 4.59. The second-order valence-electron chi connectivity index (χ2n) is 4.91. The van der Waals surface area contributed by atoms with Crippen LogP contribution in [0.25, 0.3) is 0 Å². The van der Waals surface area contributed by atoms with Gasteiger partial charge < -0.3 is 4.90 Å². The van der Waals surface area contributed by atoms with Gasteiger partial charge in [-0.05, 0) is 37.0 Å². The van der Waals surface area contributed by atoms with Crippen molar-refractivity contribution < 1.29 is 4.79 Å². The minimum Gasteiger partial charge on any atom is -0.336 e. The molecule has 0 atom stereocenters. The molecule has 0 bridgehead atoms. The topological polar surface area (TPSA) is 20.3 Å². The first kappa shape index (κ1) is 13.6. The fourth-order valence-corrected chi connectivity index (χ4v) is 2.44. The third-order valence-electron chi connectivity index (χ3n) is 3.36. The second kappa shape index (κ2) is 6.37. The highest BCUT2D eigenvalue weighted by molar-refractivity contribution is 9.08. The van der Waals surface area contributed by atoms with E-state index in [9.17, 15) is 4.79 Å². The highest BCUT2D eigenvalue weighted by atomic mass is 79.9. The number of benzene rings is 1. The molecule has 0 heterocycles. The van der Waals surface area contributed by atoms with E-state index in [1.54, 1.807) is 0 Å². The van der Waals surface area contributed by atoms with Gasteiger partial charge in [0.2, 0.25) is 0 Å². The van der Waals surface area contributed by atoms with Crippen molar-refractivity contribution in [3.05, 3.63) is 35.4 Å². The Morgan fingerprint density at radius 3 is 2.50 bits per heavy atom. The lowest BCUT2D eigenvalue weighted by Gasteiger charge is -2.22. The average Bonchev–Trinajstić information content (AvgIpc) is 3.24. The zero-order valence-electron chi connectivity index (χ0n) is 10.9. The van der Waals surface area contributed by atoms with Crippen molar-refractivity contribution in [3.8, 4) is 0 Å². The van der Waals surface area contributed by atoms with Gasteiger partial charge in [0.25, 0.3) is 5.91 Å². The van der Waals surface area contributed by atoms with E-state index in [2.05, 4.69) is 27.8 Å². The van der Waals surface area contributed by atoms with Crippen molar-refractivity contribution in [3.63, 3.8) is 0 Å². The number of amides is 1. The molecule has 2 nitrogen and oxygen atoms in total. The highest BCUT2D eigenvalue weighted by Gasteiger charge is 2.32. The normalized spacial score (nSPS) is 14.6. The molecular formula is C15H20BrNO. The van der Waals surface area contributed by atoms with E-state index in [1.807, 2.05) is 24.3 Å². The SMILES string of the molecule is CCCCN(C(=O)c1ccc(CBr)cc1)C1CC1. The van der Waals surface area contributed by atoms with Gasteiger partial charge in [0.1, 0.15) is 0 Å². The number of nitrogens with zero attached hydrogens (tertiary/aromatic N) is 1. The highest BCUT2D eigenvalue weighted by Crippen LogP contribution is 2.28. The Kier molecular flexibility index (Phi) is 4.81. The zero-order chi connectivity index (χ0) is 13.0. The summed E-state index contributed by atoms with van der Waals surface area (Å²) in [7, 11) is 0. The van der Waals surface area contributed by atoms with Crippen LogP contribution in [0, 0.1) is 0 Å². The molecule has 1 aromatic carbocycles. The number of halogens is 1. The predicted molar refractivity (Wildman–Crippen MR) is 78.0 cm³/mol. The van der Waals surface area contributed by atoms with Gasteiger partial charge in [-0.1, -0.05) is 41.4 Å². The second-order valence-corrected chi connectivity index (χ2v) is 5.47. The van der Waals surface area contributed by atoms with Crippen LogP contribution in [-0.4, -0.2) is 23.4 Å². The lowest BCUT2D eigenvalue weighted by Crippen LogP contribution is -2.33. The average molecular weight is 310 g/mol. The van der Waals surface area contributed by atoms with Crippen molar-refractivity contribution in [1.82, 2.24) is 4.90 Å². The minimum absolute atomic E-state index is 0.201. The van der Waals surface area contributed by atoms with Gasteiger partial charge in [-0.25, -0.2) is 0 Å². The van der Waals surface area contributed by atoms with E-state index >= 15 is 0 Å². The van der Waals surface area contributed by atoms with Crippen LogP contribution >= 0.6 is 15.9 Å². The molecule has 0 aromatic heterocycles. The van der Waals surface area contributed by atoms with Gasteiger partial charge in [0.15, 0.2) is 0 Å². The molecule has 0 spiro atoms. The first-order valence-corrected chi connectivity index (χ1v) is 7.84. The van der Waals surface area contributed by atoms with E-state index < -0.39 is 0 Å². The molecule has 3 heteroatoms. The molecule has 1 aromatic rings. The van der Waals surface area contributed by atoms with Crippen molar-refractivity contribution in [2.75, 3.05) is 6.54 Å². The fraction of sp³-hybridized carbons (Fsp3) is 0.533. The Morgan fingerprint density at radius 2 is 2.00 bits per heavy atom. The number of hydrogen-bond donors (Lipinski definition) is 0. The Balaban J connectivity index is 2.06. The molecule has 0 saturated heterocycles. The largest absolute Gasteiger partial charge is 0.336 e. The van der Waals surface area contributed by atoms with Gasteiger partial charge in [-0.3, -0.25) is 4.79 Å². The van der Waals surface area contributed by atoms with Crippen LogP contribution < -0.4 is 0 Å². The summed E-state index contributed by atoms with van der Waals surface area (Å²) < 4.78 is 0. The van der Waals surface area contributed by atoms with Gasteiger partial charge in [0, 0.05) is 23.5 Å². The zero-order valence-corrected chi connectivity index (χ0v) is 12.4. The Bertz CT molecular complexity index is 397. The standard InChI is InChI=1S/C15H20BrNO/c1-2-3-10-17(14-8-9-14)15(18)13-6-4-12(11-16)5-7-13/h4-7,14H,2-3,8-11H2,1H3. The van der Waals surface area contributed by atoms with Crippen molar-refractivity contribution in [2.45, 2.75) is 44.0 Å². The summed E-state index contributed by atoms with van der Waals surface area (Å²) in [5, 5.41) is 0.837. The summed E-state index contributed by atoms with van der Waals surface area (Å²) >= 11 is 3.42. The fourth-order valence-electron chi connectivity index (χ4n) is 2.07. The van der Waals surface area contributed by atoms with E-state index in [1.165, 1.54) is 18.4 Å². The van der Waals surface area contributed by atoms with Gasteiger partial charge in [0.05, 0.1) is 0 Å². The van der Waals surface area contributed by atoms with Crippen LogP contribution in [0.1, 0.15) is 48.5 Å². The number of rotatable bonds is 6. The van der Waals surface area contributed by atoms with Gasteiger partial charge >= 0.3 is 0 Å². The number of carbonyl (C=O) groups is 1. The molecule has 0 unspecified atom stereocenters.